The Morgan fingerprint density at radius 1 is 1.41 bits per heavy atom. The van der Waals surface area contributed by atoms with Crippen LogP contribution in [-0.2, 0) is 10.3 Å². The van der Waals surface area contributed by atoms with E-state index in [2.05, 4.69) is 0 Å². The molecule has 0 saturated carbocycles. The Kier molecular flexibility index (Phi) is 2.62. The molecule has 1 aliphatic rings. The van der Waals surface area contributed by atoms with Gasteiger partial charge in [0.2, 0.25) is 0 Å². The fraction of sp³-hybridized carbons (Fsp3) is 0.462. The van der Waals surface area contributed by atoms with E-state index in [9.17, 15) is 4.79 Å². The van der Waals surface area contributed by atoms with E-state index in [0.717, 1.165) is 17.0 Å². The summed E-state index contributed by atoms with van der Waals surface area (Å²) in [5.41, 5.74) is 7.39. The van der Waals surface area contributed by atoms with Crippen molar-refractivity contribution in [1.82, 2.24) is 0 Å². The van der Waals surface area contributed by atoms with Gasteiger partial charge in [-0.15, -0.1) is 0 Å². The largest absolute Gasteiger partial charge is 0.479 e. The van der Waals surface area contributed by atoms with Crippen LogP contribution in [0.25, 0.3) is 0 Å². The molecule has 1 heterocycles. The molecule has 1 aromatic rings. The zero-order chi connectivity index (χ0) is 12.8. The van der Waals surface area contributed by atoms with Gasteiger partial charge in [-0.1, -0.05) is 6.07 Å². The number of carbonyl (C=O) groups is 1. The van der Waals surface area contributed by atoms with Crippen LogP contribution in [0.2, 0.25) is 0 Å². The Balaban J connectivity index is 2.49. The lowest BCUT2D eigenvalue weighted by Gasteiger charge is -2.31. The molecular weight excluding hydrogens is 216 g/mol. The molecule has 0 fully saturated rings. The number of benzene rings is 1. The van der Waals surface area contributed by atoms with E-state index < -0.39 is 11.6 Å². The molecule has 1 amide bonds. The highest BCUT2D eigenvalue weighted by Crippen LogP contribution is 2.35. The summed E-state index contributed by atoms with van der Waals surface area (Å²) in [6.45, 7) is 5.62. The van der Waals surface area contributed by atoms with Crippen LogP contribution in [0.3, 0.4) is 0 Å². The van der Waals surface area contributed by atoms with Crippen molar-refractivity contribution in [2.45, 2.75) is 32.4 Å². The van der Waals surface area contributed by atoms with Crippen molar-refractivity contribution in [3.05, 3.63) is 23.8 Å². The summed E-state index contributed by atoms with van der Waals surface area (Å²) in [6, 6.07) is 5.73. The van der Waals surface area contributed by atoms with Crippen molar-refractivity contribution < 1.29 is 9.53 Å². The molecule has 17 heavy (non-hydrogen) atoms. The minimum absolute atomic E-state index is 0.0375. The number of carbonyl (C=O) groups excluding carboxylic acids is 1. The number of rotatable bonds is 1. The molecular formula is C13H18N2O2. The van der Waals surface area contributed by atoms with Crippen molar-refractivity contribution in [3.63, 3.8) is 0 Å². The number of anilines is 1. The van der Waals surface area contributed by atoms with Crippen LogP contribution < -0.4 is 15.4 Å². The maximum atomic E-state index is 11.8. The van der Waals surface area contributed by atoms with Gasteiger partial charge in [0.1, 0.15) is 5.75 Å². The summed E-state index contributed by atoms with van der Waals surface area (Å²) >= 11 is 0. The van der Waals surface area contributed by atoms with Gasteiger partial charge in [0.25, 0.3) is 5.91 Å². The zero-order valence-corrected chi connectivity index (χ0v) is 10.7. The molecule has 0 radical (unpaired) electrons. The third-order valence-electron chi connectivity index (χ3n) is 3.05. The van der Waals surface area contributed by atoms with Gasteiger partial charge in [0.05, 0.1) is 5.69 Å². The number of likely N-dealkylation sites (N-methyl/N-ethyl adjacent to an activating group) is 1. The minimum atomic E-state index is -0.429. The molecule has 4 nitrogen and oxygen atoms in total. The van der Waals surface area contributed by atoms with Crippen LogP contribution in [0.4, 0.5) is 5.69 Å². The fourth-order valence-corrected chi connectivity index (χ4v) is 1.91. The first-order chi connectivity index (χ1) is 7.80. The van der Waals surface area contributed by atoms with Gasteiger partial charge in [-0.05, 0) is 38.5 Å². The Hall–Kier alpha value is -1.55. The monoisotopic (exact) mass is 234 g/mol. The van der Waals surface area contributed by atoms with Crippen LogP contribution in [0.15, 0.2) is 18.2 Å². The Bertz CT molecular complexity index is 463. The second kappa shape index (κ2) is 3.74. The molecule has 2 N–H and O–H groups in total. The SMILES string of the molecule is CC1Oc2ccc(C(C)(C)N)cc2N(C)C1=O. The van der Waals surface area contributed by atoms with Crippen LogP contribution in [0.5, 0.6) is 5.75 Å². The third-order valence-corrected chi connectivity index (χ3v) is 3.05. The standard InChI is InChI=1S/C13H18N2O2/c1-8-12(16)15(4)10-7-9(13(2,3)14)5-6-11(10)17-8/h5-8H,14H2,1-4H3. The predicted molar refractivity (Wildman–Crippen MR) is 67.2 cm³/mol. The van der Waals surface area contributed by atoms with Crippen molar-refractivity contribution in [2.75, 3.05) is 11.9 Å². The third kappa shape index (κ3) is 2.00. The summed E-state index contributed by atoms with van der Waals surface area (Å²) < 4.78 is 5.55. The number of hydrogen-bond donors (Lipinski definition) is 1. The van der Waals surface area contributed by atoms with E-state index in [1.54, 1.807) is 18.9 Å². The normalized spacial score (nSPS) is 19.9. The van der Waals surface area contributed by atoms with Crippen LogP contribution in [0.1, 0.15) is 26.3 Å². The van der Waals surface area contributed by atoms with Gasteiger partial charge in [0, 0.05) is 12.6 Å². The predicted octanol–water partition coefficient (Wildman–Crippen LogP) is 1.62. The van der Waals surface area contributed by atoms with E-state index in [0.29, 0.717) is 0 Å². The second-order valence-corrected chi connectivity index (χ2v) is 5.06. The van der Waals surface area contributed by atoms with Crippen molar-refractivity contribution in [1.29, 1.82) is 0 Å². The molecule has 1 atom stereocenters. The lowest BCUT2D eigenvalue weighted by atomic mass is 9.94. The molecule has 1 aliphatic heterocycles. The smallest absolute Gasteiger partial charge is 0.267 e. The minimum Gasteiger partial charge on any atom is -0.479 e. The van der Waals surface area contributed by atoms with Crippen LogP contribution in [-0.4, -0.2) is 19.1 Å². The lowest BCUT2D eigenvalue weighted by molar-refractivity contribution is -0.125. The van der Waals surface area contributed by atoms with Crippen molar-refractivity contribution >= 4 is 11.6 Å². The fourth-order valence-electron chi connectivity index (χ4n) is 1.91. The highest BCUT2D eigenvalue weighted by atomic mass is 16.5. The number of amides is 1. The molecule has 0 spiro atoms. The summed E-state index contributed by atoms with van der Waals surface area (Å²) in [5, 5.41) is 0. The van der Waals surface area contributed by atoms with Crippen molar-refractivity contribution in [2.24, 2.45) is 5.73 Å². The topological polar surface area (TPSA) is 55.6 Å². The molecule has 1 aromatic carbocycles. The van der Waals surface area contributed by atoms with Gasteiger partial charge in [-0.3, -0.25) is 4.79 Å². The van der Waals surface area contributed by atoms with E-state index >= 15 is 0 Å². The number of fused-ring (bicyclic) bond motifs is 1. The lowest BCUT2D eigenvalue weighted by Crippen LogP contribution is -2.42. The zero-order valence-electron chi connectivity index (χ0n) is 10.7. The molecule has 4 heteroatoms. The van der Waals surface area contributed by atoms with E-state index in [1.807, 2.05) is 32.0 Å². The Labute approximate surface area is 101 Å². The van der Waals surface area contributed by atoms with Gasteiger partial charge >= 0.3 is 0 Å². The first-order valence-electron chi connectivity index (χ1n) is 5.68. The number of hydrogen-bond acceptors (Lipinski definition) is 3. The average Bonchev–Trinajstić information content (AvgIpc) is 2.24. The Morgan fingerprint density at radius 3 is 2.65 bits per heavy atom. The molecule has 0 aromatic heterocycles. The van der Waals surface area contributed by atoms with Gasteiger partial charge < -0.3 is 15.4 Å². The molecule has 0 aliphatic carbocycles. The van der Waals surface area contributed by atoms with Crippen LogP contribution >= 0.6 is 0 Å². The molecule has 1 unspecified atom stereocenters. The van der Waals surface area contributed by atoms with Crippen molar-refractivity contribution in [3.8, 4) is 5.75 Å². The van der Waals surface area contributed by atoms with Gasteiger partial charge in [-0.25, -0.2) is 0 Å². The highest BCUT2D eigenvalue weighted by Gasteiger charge is 2.29. The molecule has 0 saturated heterocycles. The number of nitrogens with two attached hydrogens (primary N) is 1. The van der Waals surface area contributed by atoms with E-state index in [4.69, 9.17) is 10.5 Å². The summed E-state index contributed by atoms with van der Waals surface area (Å²) in [4.78, 5) is 13.4. The van der Waals surface area contributed by atoms with Gasteiger partial charge in [-0.2, -0.15) is 0 Å². The quantitative estimate of drug-likeness (QED) is 0.803. The van der Waals surface area contributed by atoms with Gasteiger partial charge in [0.15, 0.2) is 6.10 Å². The molecule has 92 valence electrons. The first kappa shape index (κ1) is 11.9. The number of nitrogens with zero attached hydrogens (tertiary/aromatic N) is 1. The molecule has 0 bridgehead atoms. The summed E-state index contributed by atoms with van der Waals surface area (Å²) in [5.74, 6) is 0.692. The average molecular weight is 234 g/mol. The maximum absolute atomic E-state index is 11.8. The van der Waals surface area contributed by atoms with Crippen LogP contribution in [0, 0.1) is 0 Å². The van der Waals surface area contributed by atoms with E-state index in [1.165, 1.54) is 0 Å². The highest BCUT2D eigenvalue weighted by molar-refractivity contribution is 5.99. The Morgan fingerprint density at radius 2 is 2.06 bits per heavy atom. The first-order valence-corrected chi connectivity index (χ1v) is 5.68. The maximum Gasteiger partial charge on any atom is 0.267 e. The van der Waals surface area contributed by atoms with E-state index in [-0.39, 0.29) is 5.91 Å². The summed E-state index contributed by atoms with van der Waals surface area (Å²) in [6.07, 6.45) is -0.427. The second-order valence-electron chi connectivity index (χ2n) is 5.06. The number of ether oxygens (including phenoxy) is 1. The molecule has 2 rings (SSSR count). The summed E-state index contributed by atoms with van der Waals surface area (Å²) in [7, 11) is 1.76.